The summed E-state index contributed by atoms with van der Waals surface area (Å²) in [6.07, 6.45) is 0.408. The molecule has 0 saturated carbocycles. The van der Waals surface area contributed by atoms with Crippen LogP contribution in [0.1, 0.15) is 12.0 Å². The number of fused-ring (bicyclic) bond motifs is 1. The van der Waals surface area contributed by atoms with E-state index in [-0.39, 0.29) is 17.7 Å². The van der Waals surface area contributed by atoms with E-state index in [9.17, 15) is 9.59 Å². The first-order valence-corrected chi connectivity index (χ1v) is 5.27. The van der Waals surface area contributed by atoms with Crippen molar-refractivity contribution in [3.05, 3.63) is 41.5 Å². The van der Waals surface area contributed by atoms with Crippen molar-refractivity contribution in [2.24, 2.45) is 5.92 Å². The molecule has 0 radical (unpaired) electrons. The zero-order valence-corrected chi connectivity index (χ0v) is 8.60. The standard InChI is InChI=1S/C13H10O3/c14-10-6-9-7-16-13(15)12(9)11(10)8-4-2-1-3-5-8/h1-5,9H,6-7H2. The van der Waals surface area contributed by atoms with Gasteiger partial charge < -0.3 is 4.74 Å². The number of allylic oxidation sites excluding steroid dienone is 1. The highest BCUT2D eigenvalue weighted by molar-refractivity contribution is 6.29. The first-order chi connectivity index (χ1) is 7.77. The lowest BCUT2D eigenvalue weighted by Crippen LogP contribution is -2.02. The highest BCUT2D eigenvalue weighted by Gasteiger charge is 2.42. The van der Waals surface area contributed by atoms with Crippen molar-refractivity contribution in [2.45, 2.75) is 6.42 Å². The average molecular weight is 214 g/mol. The molecule has 1 aliphatic heterocycles. The average Bonchev–Trinajstić information content (AvgIpc) is 2.80. The van der Waals surface area contributed by atoms with Crippen LogP contribution in [0.3, 0.4) is 0 Å². The van der Waals surface area contributed by atoms with Crippen LogP contribution in [0.5, 0.6) is 0 Å². The molecule has 16 heavy (non-hydrogen) atoms. The fraction of sp³-hybridized carbons (Fsp3) is 0.231. The van der Waals surface area contributed by atoms with E-state index in [1.165, 1.54) is 0 Å². The van der Waals surface area contributed by atoms with Crippen molar-refractivity contribution < 1.29 is 14.3 Å². The van der Waals surface area contributed by atoms with Crippen LogP contribution in [-0.4, -0.2) is 18.4 Å². The molecule has 0 spiro atoms. The summed E-state index contributed by atoms with van der Waals surface area (Å²) in [5.74, 6) is -0.284. The maximum Gasteiger partial charge on any atom is 0.335 e. The lowest BCUT2D eigenvalue weighted by Gasteiger charge is -2.02. The fourth-order valence-corrected chi connectivity index (χ4v) is 2.37. The van der Waals surface area contributed by atoms with E-state index in [1.807, 2.05) is 30.3 Å². The largest absolute Gasteiger partial charge is 0.462 e. The first kappa shape index (κ1) is 9.33. The molecule has 1 aliphatic carbocycles. The predicted octanol–water partition coefficient (Wildman–Crippen LogP) is 1.59. The first-order valence-electron chi connectivity index (χ1n) is 5.27. The lowest BCUT2D eigenvalue weighted by atomic mass is 10.0. The number of rotatable bonds is 1. The zero-order valence-electron chi connectivity index (χ0n) is 8.60. The van der Waals surface area contributed by atoms with Gasteiger partial charge in [0.15, 0.2) is 5.78 Å². The Morgan fingerprint density at radius 2 is 1.88 bits per heavy atom. The number of hydrogen-bond acceptors (Lipinski definition) is 3. The van der Waals surface area contributed by atoms with Crippen LogP contribution in [0.4, 0.5) is 0 Å². The topological polar surface area (TPSA) is 43.4 Å². The molecule has 1 aromatic carbocycles. The molecule has 3 nitrogen and oxygen atoms in total. The van der Waals surface area contributed by atoms with Crippen LogP contribution in [-0.2, 0) is 14.3 Å². The molecule has 0 N–H and O–H groups in total. The minimum atomic E-state index is -0.324. The number of esters is 1. The minimum absolute atomic E-state index is 0.0183. The number of ether oxygens (including phenoxy) is 1. The summed E-state index contributed by atoms with van der Waals surface area (Å²) >= 11 is 0. The molecule has 2 aliphatic rings. The van der Waals surface area contributed by atoms with Gasteiger partial charge in [-0.3, -0.25) is 4.79 Å². The van der Waals surface area contributed by atoms with Crippen molar-refractivity contribution in [1.29, 1.82) is 0 Å². The molecule has 1 atom stereocenters. The second-order valence-corrected chi connectivity index (χ2v) is 4.08. The Morgan fingerprint density at radius 3 is 2.62 bits per heavy atom. The number of cyclic esters (lactones) is 1. The molecular formula is C13H10O3. The Labute approximate surface area is 92.7 Å². The monoisotopic (exact) mass is 214 g/mol. The highest BCUT2D eigenvalue weighted by atomic mass is 16.5. The van der Waals surface area contributed by atoms with Gasteiger partial charge in [-0.1, -0.05) is 30.3 Å². The van der Waals surface area contributed by atoms with Crippen molar-refractivity contribution >= 4 is 17.3 Å². The van der Waals surface area contributed by atoms with Crippen LogP contribution < -0.4 is 0 Å². The number of Topliss-reactive ketones (excluding diaryl/α,β-unsaturated/α-hetero) is 1. The molecular weight excluding hydrogens is 204 g/mol. The van der Waals surface area contributed by atoms with E-state index in [0.29, 0.717) is 24.2 Å². The third kappa shape index (κ3) is 1.21. The summed E-state index contributed by atoms with van der Waals surface area (Å²) in [6.45, 7) is 0.357. The Bertz CT molecular complexity index is 499. The summed E-state index contributed by atoms with van der Waals surface area (Å²) in [7, 11) is 0. The molecule has 3 rings (SSSR count). The number of carbonyl (C=O) groups is 2. The lowest BCUT2D eigenvalue weighted by molar-refractivity contribution is -0.135. The quantitative estimate of drug-likeness (QED) is 0.667. The Balaban J connectivity index is 2.18. The number of hydrogen-bond donors (Lipinski definition) is 0. The molecule has 3 heteroatoms. The van der Waals surface area contributed by atoms with E-state index in [1.54, 1.807) is 0 Å². The van der Waals surface area contributed by atoms with Crippen molar-refractivity contribution in [3.63, 3.8) is 0 Å². The second kappa shape index (κ2) is 3.30. The van der Waals surface area contributed by atoms with Gasteiger partial charge in [0.05, 0.1) is 12.2 Å². The van der Waals surface area contributed by atoms with Gasteiger partial charge in [-0.25, -0.2) is 4.79 Å². The van der Waals surface area contributed by atoms with Gasteiger partial charge in [0, 0.05) is 17.9 Å². The van der Waals surface area contributed by atoms with E-state index in [4.69, 9.17) is 4.74 Å². The fourth-order valence-electron chi connectivity index (χ4n) is 2.37. The molecule has 0 aromatic heterocycles. The normalized spacial score (nSPS) is 23.6. The van der Waals surface area contributed by atoms with Crippen LogP contribution in [0, 0.1) is 5.92 Å². The molecule has 80 valence electrons. The second-order valence-electron chi connectivity index (χ2n) is 4.08. The van der Waals surface area contributed by atoms with Crippen molar-refractivity contribution in [3.8, 4) is 0 Å². The van der Waals surface area contributed by atoms with E-state index >= 15 is 0 Å². The van der Waals surface area contributed by atoms with Crippen LogP contribution in [0.25, 0.3) is 5.57 Å². The van der Waals surface area contributed by atoms with Crippen LogP contribution in [0.15, 0.2) is 35.9 Å². The van der Waals surface area contributed by atoms with Gasteiger partial charge in [0.25, 0.3) is 0 Å². The Kier molecular flexibility index (Phi) is 1.93. The van der Waals surface area contributed by atoms with Gasteiger partial charge in [-0.05, 0) is 5.56 Å². The summed E-state index contributed by atoms with van der Waals surface area (Å²) in [5, 5.41) is 0. The third-order valence-corrected chi connectivity index (χ3v) is 3.09. The summed E-state index contributed by atoms with van der Waals surface area (Å²) < 4.78 is 4.97. The predicted molar refractivity (Wildman–Crippen MR) is 57.4 cm³/mol. The molecule has 1 heterocycles. The van der Waals surface area contributed by atoms with Gasteiger partial charge in [-0.15, -0.1) is 0 Å². The number of benzene rings is 1. The molecule has 1 unspecified atom stereocenters. The van der Waals surface area contributed by atoms with Crippen molar-refractivity contribution in [1.82, 2.24) is 0 Å². The molecule has 1 saturated heterocycles. The summed E-state index contributed by atoms with van der Waals surface area (Å²) in [6, 6.07) is 9.33. The third-order valence-electron chi connectivity index (χ3n) is 3.09. The number of ketones is 1. The smallest absolute Gasteiger partial charge is 0.335 e. The van der Waals surface area contributed by atoms with Crippen molar-refractivity contribution in [2.75, 3.05) is 6.61 Å². The van der Waals surface area contributed by atoms with Gasteiger partial charge in [-0.2, -0.15) is 0 Å². The Hall–Kier alpha value is -1.90. The van der Waals surface area contributed by atoms with Crippen LogP contribution in [0.2, 0.25) is 0 Å². The van der Waals surface area contributed by atoms with E-state index in [2.05, 4.69) is 0 Å². The number of carbonyl (C=O) groups excluding carboxylic acids is 2. The summed E-state index contributed by atoms with van der Waals surface area (Å²) in [5.41, 5.74) is 1.97. The Morgan fingerprint density at radius 1 is 1.12 bits per heavy atom. The van der Waals surface area contributed by atoms with E-state index in [0.717, 1.165) is 5.56 Å². The van der Waals surface area contributed by atoms with E-state index < -0.39 is 0 Å². The SMILES string of the molecule is O=C1CC2COC(=O)C2=C1c1ccccc1. The molecule has 0 amide bonds. The molecule has 1 fully saturated rings. The summed E-state index contributed by atoms with van der Waals surface area (Å²) in [4.78, 5) is 23.4. The highest BCUT2D eigenvalue weighted by Crippen LogP contribution is 2.39. The van der Waals surface area contributed by atoms with Gasteiger partial charge in [0.2, 0.25) is 0 Å². The minimum Gasteiger partial charge on any atom is -0.462 e. The maximum absolute atomic E-state index is 11.9. The molecule has 0 bridgehead atoms. The van der Waals surface area contributed by atoms with Crippen LogP contribution >= 0.6 is 0 Å². The van der Waals surface area contributed by atoms with Gasteiger partial charge >= 0.3 is 5.97 Å². The zero-order chi connectivity index (χ0) is 11.1. The van der Waals surface area contributed by atoms with Gasteiger partial charge in [0.1, 0.15) is 0 Å². The maximum atomic E-state index is 11.9. The molecule has 1 aromatic rings.